The smallest absolute Gasteiger partial charge is 0.123 e. The van der Waals surface area contributed by atoms with E-state index < -0.39 is 0 Å². The maximum atomic E-state index is 12.8. The zero-order valence-corrected chi connectivity index (χ0v) is 10.3. The van der Waals surface area contributed by atoms with Crippen molar-refractivity contribution in [2.45, 2.75) is 6.54 Å². The van der Waals surface area contributed by atoms with Crippen LogP contribution in [0.2, 0.25) is 0 Å². The van der Waals surface area contributed by atoms with Gasteiger partial charge in [0.15, 0.2) is 0 Å². The Morgan fingerprint density at radius 3 is 2.69 bits per heavy atom. The second-order valence-corrected chi connectivity index (χ2v) is 4.23. The molecule has 0 aliphatic heterocycles. The lowest BCUT2D eigenvalue weighted by atomic mass is 10.3. The zero-order valence-electron chi connectivity index (χ0n) is 8.74. The van der Waals surface area contributed by atoms with E-state index in [1.54, 1.807) is 16.8 Å². The second kappa shape index (κ2) is 4.76. The Balaban J connectivity index is 2.33. The number of hydrogen-bond acceptors (Lipinski definition) is 2. The fraction of sp³-hybridized carbons (Fsp3) is 0.182. The van der Waals surface area contributed by atoms with Crippen molar-refractivity contribution >= 4 is 15.9 Å². The average Bonchev–Trinajstić information content (AvgIpc) is 2.62. The lowest BCUT2D eigenvalue weighted by Crippen LogP contribution is -2.06. The minimum Gasteiger partial charge on any atom is -0.314 e. The summed E-state index contributed by atoms with van der Waals surface area (Å²) in [5.41, 5.74) is 1.76. The highest BCUT2D eigenvalue weighted by Gasteiger charge is 2.06. The Bertz CT molecular complexity index is 478. The molecule has 1 heterocycles. The molecule has 1 aromatic heterocycles. The number of nitrogens with one attached hydrogen (secondary N) is 1. The fourth-order valence-electron chi connectivity index (χ4n) is 1.40. The Labute approximate surface area is 101 Å². The van der Waals surface area contributed by atoms with Gasteiger partial charge < -0.3 is 5.32 Å². The maximum absolute atomic E-state index is 12.8. The van der Waals surface area contributed by atoms with Gasteiger partial charge in [-0.05, 0) is 47.2 Å². The quantitative estimate of drug-likeness (QED) is 0.938. The summed E-state index contributed by atoms with van der Waals surface area (Å²) in [5, 5.41) is 7.42. The predicted octanol–water partition coefficient (Wildman–Crippen LogP) is 2.49. The topological polar surface area (TPSA) is 29.9 Å². The van der Waals surface area contributed by atoms with Gasteiger partial charge in [-0.1, -0.05) is 0 Å². The largest absolute Gasteiger partial charge is 0.314 e. The van der Waals surface area contributed by atoms with Crippen LogP contribution in [-0.4, -0.2) is 16.8 Å². The molecule has 0 aliphatic rings. The summed E-state index contributed by atoms with van der Waals surface area (Å²) < 4.78 is 15.4. The molecule has 0 amide bonds. The SMILES string of the molecule is CNCc1nn(-c2ccc(F)cc2)cc1Br. The van der Waals surface area contributed by atoms with Crippen LogP contribution in [0.1, 0.15) is 5.69 Å². The van der Waals surface area contributed by atoms with Gasteiger partial charge in [-0.15, -0.1) is 0 Å². The molecule has 2 aromatic rings. The highest BCUT2D eigenvalue weighted by molar-refractivity contribution is 9.10. The van der Waals surface area contributed by atoms with Crippen molar-refractivity contribution in [2.75, 3.05) is 7.05 Å². The molecule has 1 aromatic carbocycles. The maximum Gasteiger partial charge on any atom is 0.123 e. The number of benzene rings is 1. The first kappa shape index (κ1) is 11.3. The lowest BCUT2D eigenvalue weighted by molar-refractivity contribution is 0.627. The standard InChI is InChI=1S/C11H11BrFN3/c1-14-6-11-10(12)7-16(15-11)9-4-2-8(13)3-5-9/h2-5,7,14H,6H2,1H3. The number of rotatable bonds is 3. The molecule has 2 rings (SSSR count). The van der Waals surface area contributed by atoms with E-state index in [0.717, 1.165) is 15.9 Å². The number of nitrogens with zero attached hydrogens (tertiary/aromatic N) is 2. The normalized spacial score (nSPS) is 10.7. The van der Waals surface area contributed by atoms with Gasteiger partial charge in [0.25, 0.3) is 0 Å². The second-order valence-electron chi connectivity index (χ2n) is 3.38. The van der Waals surface area contributed by atoms with E-state index in [2.05, 4.69) is 26.3 Å². The molecule has 5 heteroatoms. The third-order valence-electron chi connectivity index (χ3n) is 2.18. The minimum atomic E-state index is -0.245. The first-order chi connectivity index (χ1) is 7.70. The Morgan fingerprint density at radius 1 is 1.38 bits per heavy atom. The van der Waals surface area contributed by atoms with E-state index in [-0.39, 0.29) is 5.82 Å². The highest BCUT2D eigenvalue weighted by atomic mass is 79.9. The van der Waals surface area contributed by atoms with Gasteiger partial charge in [0.05, 0.1) is 15.9 Å². The van der Waals surface area contributed by atoms with Crippen LogP contribution in [0.3, 0.4) is 0 Å². The third-order valence-corrected chi connectivity index (χ3v) is 2.84. The Hall–Kier alpha value is -1.20. The summed E-state index contributed by atoms with van der Waals surface area (Å²) in [4.78, 5) is 0. The number of aromatic nitrogens is 2. The van der Waals surface area contributed by atoms with Crippen molar-refractivity contribution < 1.29 is 4.39 Å². The summed E-state index contributed by atoms with van der Waals surface area (Å²) in [6.07, 6.45) is 1.86. The summed E-state index contributed by atoms with van der Waals surface area (Å²) in [6.45, 7) is 0.689. The molecule has 0 fully saturated rings. The van der Waals surface area contributed by atoms with Crippen LogP contribution >= 0.6 is 15.9 Å². The van der Waals surface area contributed by atoms with Gasteiger partial charge >= 0.3 is 0 Å². The van der Waals surface area contributed by atoms with E-state index >= 15 is 0 Å². The van der Waals surface area contributed by atoms with Crippen LogP contribution in [0.15, 0.2) is 34.9 Å². The Morgan fingerprint density at radius 2 is 2.06 bits per heavy atom. The van der Waals surface area contributed by atoms with Crippen molar-refractivity contribution in [1.82, 2.24) is 15.1 Å². The molecule has 0 saturated carbocycles. The van der Waals surface area contributed by atoms with Crippen molar-refractivity contribution in [3.05, 3.63) is 46.4 Å². The number of halogens is 2. The summed E-state index contributed by atoms with van der Waals surface area (Å²) in [6, 6.07) is 6.22. The molecule has 0 radical (unpaired) electrons. The first-order valence-electron chi connectivity index (χ1n) is 4.85. The van der Waals surface area contributed by atoms with Crippen LogP contribution in [0.5, 0.6) is 0 Å². The van der Waals surface area contributed by atoms with Crippen LogP contribution in [-0.2, 0) is 6.54 Å². The summed E-state index contributed by atoms with van der Waals surface area (Å²) in [5.74, 6) is -0.245. The molecule has 0 bridgehead atoms. The van der Waals surface area contributed by atoms with E-state index in [1.807, 2.05) is 13.2 Å². The van der Waals surface area contributed by atoms with Crippen LogP contribution in [0.4, 0.5) is 4.39 Å². The van der Waals surface area contributed by atoms with Gasteiger partial charge in [0.2, 0.25) is 0 Å². The number of hydrogen-bond donors (Lipinski definition) is 1. The first-order valence-corrected chi connectivity index (χ1v) is 5.64. The molecule has 0 atom stereocenters. The summed E-state index contributed by atoms with van der Waals surface area (Å²) >= 11 is 3.43. The Kier molecular flexibility index (Phi) is 3.36. The molecule has 16 heavy (non-hydrogen) atoms. The third kappa shape index (κ3) is 2.31. The monoisotopic (exact) mass is 283 g/mol. The minimum absolute atomic E-state index is 0.245. The van der Waals surface area contributed by atoms with E-state index in [1.165, 1.54) is 12.1 Å². The van der Waals surface area contributed by atoms with Crippen molar-refractivity contribution in [2.24, 2.45) is 0 Å². The van der Waals surface area contributed by atoms with E-state index in [4.69, 9.17) is 0 Å². The molecule has 1 N–H and O–H groups in total. The molecule has 0 spiro atoms. The fourth-order valence-corrected chi connectivity index (χ4v) is 1.82. The van der Waals surface area contributed by atoms with Gasteiger partial charge in [-0.3, -0.25) is 0 Å². The van der Waals surface area contributed by atoms with Crippen LogP contribution in [0.25, 0.3) is 5.69 Å². The molecule has 0 unspecified atom stereocenters. The molecule has 0 aliphatic carbocycles. The van der Waals surface area contributed by atoms with Gasteiger partial charge in [0.1, 0.15) is 5.82 Å². The van der Waals surface area contributed by atoms with E-state index in [0.29, 0.717) is 6.54 Å². The molecule has 0 saturated heterocycles. The molecule has 84 valence electrons. The zero-order chi connectivity index (χ0) is 11.5. The van der Waals surface area contributed by atoms with Crippen molar-refractivity contribution in [1.29, 1.82) is 0 Å². The van der Waals surface area contributed by atoms with Crippen molar-refractivity contribution in [3.8, 4) is 5.69 Å². The molecular weight excluding hydrogens is 273 g/mol. The average molecular weight is 284 g/mol. The van der Waals surface area contributed by atoms with Gasteiger partial charge in [-0.2, -0.15) is 5.10 Å². The predicted molar refractivity (Wildman–Crippen MR) is 64.0 cm³/mol. The summed E-state index contributed by atoms with van der Waals surface area (Å²) in [7, 11) is 1.86. The molecule has 3 nitrogen and oxygen atoms in total. The van der Waals surface area contributed by atoms with Gasteiger partial charge in [0, 0.05) is 12.7 Å². The van der Waals surface area contributed by atoms with Gasteiger partial charge in [-0.25, -0.2) is 9.07 Å². The lowest BCUT2D eigenvalue weighted by Gasteiger charge is -2.00. The molecular formula is C11H11BrFN3. The van der Waals surface area contributed by atoms with Crippen LogP contribution < -0.4 is 5.32 Å². The van der Waals surface area contributed by atoms with E-state index in [9.17, 15) is 4.39 Å². The highest BCUT2D eigenvalue weighted by Crippen LogP contribution is 2.18. The van der Waals surface area contributed by atoms with Crippen molar-refractivity contribution in [3.63, 3.8) is 0 Å². The van der Waals surface area contributed by atoms with Crippen LogP contribution in [0, 0.1) is 5.82 Å².